The lowest BCUT2D eigenvalue weighted by Gasteiger charge is -2.26. The maximum atomic E-state index is 5.90. The molecule has 0 amide bonds. The molecule has 0 spiro atoms. The summed E-state index contributed by atoms with van der Waals surface area (Å²) in [5.41, 5.74) is 12.5. The van der Waals surface area contributed by atoms with Gasteiger partial charge in [0.1, 0.15) is 0 Å². The van der Waals surface area contributed by atoms with Gasteiger partial charge in [-0.1, -0.05) is 95.9 Å². The van der Waals surface area contributed by atoms with E-state index in [9.17, 15) is 0 Å². The number of terminal acetylenes is 1. The summed E-state index contributed by atoms with van der Waals surface area (Å²) in [7, 11) is 0. The van der Waals surface area contributed by atoms with E-state index in [1.165, 1.54) is 22.3 Å². The highest BCUT2D eigenvalue weighted by molar-refractivity contribution is 5.94. The molecule has 0 aromatic heterocycles. The van der Waals surface area contributed by atoms with Gasteiger partial charge in [-0.05, 0) is 97.1 Å². The van der Waals surface area contributed by atoms with Crippen LogP contribution in [-0.2, 0) is 0 Å². The number of aryl methyl sites for hydroxylation is 3. The van der Waals surface area contributed by atoms with Crippen molar-refractivity contribution in [3.63, 3.8) is 0 Å². The molecule has 0 fully saturated rings. The minimum atomic E-state index is 0.892. The van der Waals surface area contributed by atoms with Crippen LogP contribution in [-0.4, -0.2) is 0 Å². The smallest absolute Gasteiger partial charge is 0.0462 e. The van der Waals surface area contributed by atoms with Crippen LogP contribution in [0.1, 0.15) is 38.9 Å². The van der Waals surface area contributed by atoms with Crippen LogP contribution in [0.25, 0.3) is 11.6 Å². The standard InChI is InChI=1S/C37H31N/c1-5-31-11-7-9-13-36(31)37(35-12-8-6-10-29(35)4)26-30-18-24-34(25-19-30)38(32-20-14-27(2)15-21-32)33-22-16-28(3)17-23-33/h1,6-26H,2-4H3. The predicted molar refractivity (Wildman–Crippen MR) is 163 cm³/mol. The Hall–Kier alpha value is -4.80. The lowest BCUT2D eigenvalue weighted by Crippen LogP contribution is -2.09. The SMILES string of the molecule is C#Cc1ccccc1C(=Cc1ccc(N(c2ccc(C)cc2)c2ccc(C)cc2)cc1)c1ccccc1C. The van der Waals surface area contributed by atoms with Crippen LogP contribution in [0.4, 0.5) is 17.1 Å². The minimum absolute atomic E-state index is 0.892. The molecule has 0 radical (unpaired) electrons. The van der Waals surface area contributed by atoms with Crippen molar-refractivity contribution in [2.75, 3.05) is 4.90 Å². The van der Waals surface area contributed by atoms with Gasteiger partial charge in [-0.15, -0.1) is 6.42 Å². The van der Waals surface area contributed by atoms with Crippen molar-refractivity contribution < 1.29 is 0 Å². The number of hydrogen-bond donors (Lipinski definition) is 0. The van der Waals surface area contributed by atoms with E-state index < -0.39 is 0 Å². The lowest BCUT2D eigenvalue weighted by atomic mass is 9.90. The van der Waals surface area contributed by atoms with Gasteiger partial charge in [0, 0.05) is 22.6 Å². The largest absolute Gasteiger partial charge is 0.311 e. The van der Waals surface area contributed by atoms with Crippen LogP contribution in [0.15, 0.2) is 121 Å². The Kier molecular flexibility index (Phi) is 7.25. The summed E-state index contributed by atoms with van der Waals surface area (Å²) in [6.07, 6.45) is 8.14. The molecule has 0 N–H and O–H groups in total. The Labute approximate surface area is 226 Å². The predicted octanol–water partition coefficient (Wildman–Crippen LogP) is 9.65. The van der Waals surface area contributed by atoms with E-state index in [0.29, 0.717) is 0 Å². The summed E-state index contributed by atoms with van der Waals surface area (Å²) in [6.45, 7) is 6.38. The van der Waals surface area contributed by atoms with Gasteiger partial charge in [0.05, 0.1) is 0 Å². The first-order valence-electron chi connectivity index (χ1n) is 12.9. The first-order valence-corrected chi connectivity index (χ1v) is 12.9. The topological polar surface area (TPSA) is 3.24 Å². The summed E-state index contributed by atoms with van der Waals surface area (Å²) in [5.74, 6) is 2.87. The average molecular weight is 490 g/mol. The van der Waals surface area contributed by atoms with Crippen molar-refractivity contribution >= 4 is 28.7 Å². The molecule has 5 aromatic rings. The normalized spacial score (nSPS) is 11.2. The molecule has 1 heteroatoms. The summed E-state index contributed by atoms with van der Waals surface area (Å²) < 4.78 is 0. The lowest BCUT2D eigenvalue weighted by molar-refractivity contribution is 1.27. The van der Waals surface area contributed by atoms with Crippen LogP contribution in [0.3, 0.4) is 0 Å². The van der Waals surface area contributed by atoms with Gasteiger partial charge < -0.3 is 4.90 Å². The Morgan fingerprint density at radius 2 is 1.05 bits per heavy atom. The summed E-state index contributed by atoms with van der Waals surface area (Å²) >= 11 is 0. The number of hydrogen-bond acceptors (Lipinski definition) is 1. The molecule has 184 valence electrons. The highest BCUT2D eigenvalue weighted by Gasteiger charge is 2.14. The molecule has 0 aliphatic rings. The molecule has 5 aromatic carbocycles. The third kappa shape index (κ3) is 5.31. The van der Waals surface area contributed by atoms with Crippen LogP contribution in [0.5, 0.6) is 0 Å². The van der Waals surface area contributed by atoms with Gasteiger partial charge in [0.25, 0.3) is 0 Å². The van der Waals surface area contributed by atoms with E-state index in [-0.39, 0.29) is 0 Å². The van der Waals surface area contributed by atoms with Gasteiger partial charge in [-0.2, -0.15) is 0 Å². The van der Waals surface area contributed by atoms with Gasteiger partial charge in [-0.25, -0.2) is 0 Å². The summed E-state index contributed by atoms with van der Waals surface area (Å²) in [5, 5.41) is 0. The summed E-state index contributed by atoms with van der Waals surface area (Å²) in [4.78, 5) is 2.29. The molecule has 0 aliphatic carbocycles. The zero-order valence-corrected chi connectivity index (χ0v) is 22.1. The van der Waals surface area contributed by atoms with E-state index >= 15 is 0 Å². The summed E-state index contributed by atoms with van der Waals surface area (Å²) in [6, 6.07) is 42.7. The monoisotopic (exact) mass is 489 g/mol. The first-order chi connectivity index (χ1) is 18.5. The second-order valence-corrected chi connectivity index (χ2v) is 9.66. The quantitative estimate of drug-likeness (QED) is 0.169. The second-order valence-electron chi connectivity index (χ2n) is 9.66. The number of nitrogens with zero attached hydrogens (tertiary/aromatic N) is 1. The third-order valence-corrected chi connectivity index (χ3v) is 6.85. The molecular formula is C37H31N. The maximum Gasteiger partial charge on any atom is 0.0462 e. The molecule has 1 nitrogen and oxygen atoms in total. The van der Waals surface area contributed by atoms with Crippen molar-refractivity contribution in [2.45, 2.75) is 20.8 Å². The fraction of sp³-hybridized carbons (Fsp3) is 0.0811. The van der Waals surface area contributed by atoms with Gasteiger partial charge in [0.15, 0.2) is 0 Å². The molecule has 0 saturated carbocycles. The zero-order chi connectivity index (χ0) is 26.5. The molecule has 0 aliphatic heterocycles. The second kappa shape index (κ2) is 11.1. The molecule has 0 heterocycles. The van der Waals surface area contributed by atoms with Gasteiger partial charge in [-0.3, -0.25) is 0 Å². The molecule has 38 heavy (non-hydrogen) atoms. The van der Waals surface area contributed by atoms with Crippen molar-refractivity contribution in [1.82, 2.24) is 0 Å². The van der Waals surface area contributed by atoms with E-state index in [1.807, 2.05) is 18.2 Å². The number of rotatable bonds is 6. The maximum absolute atomic E-state index is 5.90. The molecule has 0 saturated heterocycles. The molecular weight excluding hydrogens is 458 g/mol. The van der Waals surface area contributed by atoms with Gasteiger partial charge >= 0.3 is 0 Å². The number of benzene rings is 5. The van der Waals surface area contributed by atoms with Gasteiger partial charge in [0.2, 0.25) is 0 Å². The number of anilines is 3. The van der Waals surface area contributed by atoms with Crippen molar-refractivity contribution in [1.29, 1.82) is 0 Å². The Morgan fingerprint density at radius 1 is 0.579 bits per heavy atom. The Bertz CT molecular complexity index is 1570. The first kappa shape index (κ1) is 24.9. The van der Waals surface area contributed by atoms with Crippen molar-refractivity contribution in [2.24, 2.45) is 0 Å². The van der Waals surface area contributed by atoms with Crippen LogP contribution < -0.4 is 4.90 Å². The highest BCUT2D eigenvalue weighted by atomic mass is 15.1. The third-order valence-electron chi connectivity index (χ3n) is 6.85. The van der Waals surface area contributed by atoms with E-state index in [4.69, 9.17) is 6.42 Å². The van der Waals surface area contributed by atoms with Crippen LogP contribution >= 0.6 is 0 Å². The fourth-order valence-electron chi connectivity index (χ4n) is 4.74. The molecule has 0 bridgehead atoms. The molecule has 0 unspecified atom stereocenters. The molecule has 0 atom stereocenters. The van der Waals surface area contributed by atoms with Crippen LogP contribution in [0, 0.1) is 33.1 Å². The van der Waals surface area contributed by atoms with E-state index in [2.05, 4.69) is 141 Å². The molecule has 5 rings (SSSR count). The van der Waals surface area contributed by atoms with Crippen molar-refractivity contribution in [3.05, 3.63) is 160 Å². The minimum Gasteiger partial charge on any atom is -0.311 e. The Balaban J connectivity index is 1.60. The zero-order valence-electron chi connectivity index (χ0n) is 22.1. The Morgan fingerprint density at radius 3 is 1.58 bits per heavy atom. The van der Waals surface area contributed by atoms with Crippen molar-refractivity contribution in [3.8, 4) is 12.3 Å². The average Bonchev–Trinajstić information content (AvgIpc) is 2.95. The van der Waals surface area contributed by atoms with E-state index in [1.54, 1.807) is 0 Å². The van der Waals surface area contributed by atoms with E-state index in [0.717, 1.165) is 39.3 Å². The fourth-order valence-corrected chi connectivity index (χ4v) is 4.74. The van der Waals surface area contributed by atoms with Crippen LogP contribution in [0.2, 0.25) is 0 Å². The highest BCUT2D eigenvalue weighted by Crippen LogP contribution is 2.36.